The molecule has 2 aliphatic rings. The molecule has 1 heterocycles. The fourth-order valence-electron chi connectivity index (χ4n) is 2.94. The summed E-state index contributed by atoms with van der Waals surface area (Å²) in [6.07, 6.45) is 1.59. The summed E-state index contributed by atoms with van der Waals surface area (Å²) < 4.78 is 23.7. The fourth-order valence-corrected chi connectivity index (χ4v) is 2.94. The average molecular weight is 313 g/mol. The Morgan fingerprint density at radius 1 is 1.09 bits per heavy atom. The molecular weight excluding hydrogens is 297 g/mol. The Morgan fingerprint density at radius 3 is 2.57 bits per heavy atom. The van der Waals surface area contributed by atoms with Gasteiger partial charge in [0.25, 0.3) is 0 Å². The van der Waals surface area contributed by atoms with E-state index in [1.165, 1.54) is 12.1 Å². The first-order valence-electron chi connectivity index (χ1n) is 7.60. The molecule has 0 unspecified atom stereocenters. The van der Waals surface area contributed by atoms with Gasteiger partial charge >= 0.3 is 0 Å². The SMILES string of the molecule is O=C(NCc1ccc2c(c1)OCO2)C1(c2ccc(F)cc2)CC1. The third-order valence-corrected chi connectivity index (χ3v) is 4.47. The van der Waals surface area contributed by atoms with Crippen LogP contribution in [-0.2, 0) is 16.8 Å². The van der Waals surface area contributed by atoms with Gasteiger partial charge in [0.05, 0.1) is 5.41 Å². The van der Waals surface area contributed by atoms with E-state index in [1.807, 2.05) is 18.2 Å². The summed E-state index contributed by atoms with van der Waals surface area (Å²) in [6, 6.07) is 11.8. The molecule has 1 aliphatic heterocycles. The van der Waals surface area contributed by atoms with Crippen LogP contribution in [0.25, 0.3) is 0 Å². The van der Waals surface area contributed by atoms with Gasteiger partial charge in [0.1, 0.15) is 5.82 Å². The monoisotopic (exact) mass is 313 g/mol. The lowest BCUT2D eigenvalue weighted by Crippen LogP contribution is -2.34. The highest BCUT2D eigenvalue weighted by atomic mass is 19.1. The van der Waals surface area contributed by atoms with E-state index >= 15 is 0 Å². The highest BCUT2D eigenvalue weighted by Gasteiger charge is 2.51. The van der Waals surface area contributed by atoms with Gasteiger partial charge in [-0.15, -0.1) is 0 Å². The van der Waals surface area contributed by atoms with Gasteiger partial charge < -0.3 is 14.8 Å². The van der Waals surface area contributed by atoms with E-state index in [2.05, 4.69) is 5.32 Å². The van der Waals surface area contributed by atoms with E-state index in [-0.39, 0.29) is 18.5 Å². The van der Waals surface area contributed by atoms with Crippen LogP contribution >= 0.6 is 0 Å². The molecule has 0 aromatic heterocycles. The van der Waals surface area contributed by atoms with E-state index < -0.39 is 5.41 Å². The number of nitrogens with one attached hydrogen (secondary N) is 1. The molecule has 4 rings (SSSR count). The summed E-state index contributed by atoms with van der Waals surface area (Å²) in [7, 11) is 0. The van der Waals surface area contributed by atoms with Crippen molar-refractivity contribution in [2.45, 2.75) is 24.8 Å². The Bertz CT molecular complexity index is 753. The Hall–Kier alpha value is -2.56. The predicted molar refractivity (Wildman–Crippen MR) is 81.7 cm³/mol. The zero-order valence-electron chi connectivity index (χ0n) is 12.5. The molecule has 0 radical (unpaired) electrons. The van der Waals surface area contributed by atoms with E-state index in [0.29, 0.717) is 12.3 Å². The van der Waals surface area contributed by atoms with Crippen LogP contribution in [0.5, 0.6) is 11.5 Å². The summed E-state index contributed by atoms with van der Waals surface area (Å²) in [4.78, 5) is 12.6. The van der Waals surface area contributed by atoms with Crippen LogP contribution < -0.4 is 14.8 Å². The Morgan fingerprint density at radius 2 is 1.83 bits per heavy atom. The Labute approximate surface area is 133 Å². The Balaban J connectivity index is 1.45. The van der Waals surface area contributed by atoms with Crippen molar-refractivity contribution in [3.8, 4) is 11.5 Å². The van der Waals surface area contributed by atoms with Gasteiger partial charge in [-0.2, -0.15) is 0 Å². The highest BCUT2D eigenvalue weighted by Crippen LogP contribution is 2.48. The second-order valence-corrected chi connectivity index (χ2v) is 5.96. The number of rotatable bonds is 4. The average Bonchev–Trinajstić information content (AvgIpc) is 3.24. The number of hydrogen-bond acceptors (Lipinski definition) is 3. The van der Waals surface area contributed by atoms with Crippen molar-refractivity contribution in [2.24, 2.45) is 0 Å². The molecular formula is C18H16FNO3. The smallest absolute Gasteiger partial charge is 0.231 e. The first kappa shape index (κ1) is 14.1. The van der Waals surface area contributed by atoms with Crippen LogP contribution in [0.1, 0.15) is 24.0 Å². The summed E-state index contributed by atoms with van der Waals surface area (Å²) in [6.45, 7) is 0.664. The van der Waals surface area contributed by atoms with E-state index in [1.54, 1.807) is 12.1 Å². The summed E-state index contributed by atoms with van der Waals surface area (Å²) in [5.74, 6) is 1.13. The van der Waals surface area contributed by atoms with Crippen molar-refractivity contribution in [1.29, 1.82) is 0 Å². The number of carbonyl (C=O) groups is 1. The van der Waals surface area contributed by atoms with Gasteiger partial charge in [-0.3, -0.25) is 4.79 Å². The minimum absolute atomic E-state index is 0.0122. The van der Waals surface area contributed by atoms with Crippen molar-refractivity contribution >= 4 is 5.91 Å². The standard InChI is InChI=1S/C18H16FNO3/c19-14-4-2-13(3-5-14)18(7-8-18)17(21)20-10-12-1-6-15-16(9-12)23-11-22-15/h1-6,9H,7-8,10-11H2,(H,20,21). The van der Waals surface area contributed by atoms with E-state index in [9.17, 15) is 9.18 Å². The van der Waals surface area contributed by atoms with Crippen LogP contribution in [-0.4, -0.2) is 12.7 Å². The molecule has 2 aromatic carbocycles. The molecule has 1 amide bonds. The minimum Gasteiger partial charge on any atom is -0.454 e. The van der Waals surface area contributed by atoms with Crippen molar-refractivity contribution in [3.05, 3.63) is 59.4 Å². The third kappa shape index (κ3) is 2.52. The molecule has 0 atom stereocenters. The third-order valence-electron chi connectivity index (χ3n) is 4.47. The number of ether oxygens (including phenoxy) is 2. The first-order chi connectivity index (χ1) is 11.2. The van der Waals surface area contributed by atoms with Crippen LogP contribution in [0.4, 0.5) is 4.39 Å². The van der Waals surface area contributed by atoms with Crippen LogP contribution in [0.15, 0.2) is 42.5 Å². The number of carbonyl (C=O) groups excluding carboxylic acids is 1. The highest BCUT2D eigenvalue weighted by molar-refractivity contribution is 5.91. The van der Waals surface area contributed by atoms with Gasteiger partial charge in [0.15, 0.2) is 11.5 Å². The lowest BCUT2D eigenvalue weighted by Gasteiger charge is -2.16. The molecule has 1 fully saturated rings. The molecule has 118 valence electrons. The number of amides is 1. The topological polar surface area (TPSA) is 47.6 Å². The van der Waals surface area contributed by atoms with E-state index in [4.69, 9.17) is 9.47 Å². The zero-order valence-corrected chi connectivity index (χ0v) is 12.5. The van der Waals surface area contributed by atoms with Gasteiger partial charge in [0.2, 0.25) is 12.7 Å². The number of hydrogen-bond donors (Lipinski definition) is 1. The van der Waals surface area contributed by atoms with Crippen molar-refractivity contribution < 1.29 is 18.7 Å². The zero-order chi connectivity index (χ0) is 15.9. The maximum absolute atomic E-state index is 13.1. The molecule has 1 saturated carbocycles. The maximum Gasteiger partial charge on any atom is 0.231 e. The lowest BCUT2D eigenvalue weighted by atomic mass is 9.95. The largest absolute Gasteiger partial charge is 0.454 e. The second kappa shape index (κ2) is 5.26. The number of halogens is 1. The van der Waals surface area contributed by atoms with Gasteiger partial charge in [-0.05, 0) is 48.2 Å². The minimum atomic E-state index is -0.496. The summed E-state index contributed by atoms with van der Waals surface area (Å²) in [5, 5.41) is 2.98. The lowest BCUT2D eigenvalue weighted by molar-refractivity contribution is -0.123. The number of fused-ring (bicyclic) bond motifs is 1. The molecule has 23 heavy (non-hydrogen) atoms. The molecule has 0 bridgehead atoms. The molecule has 1 aliphatic carbocycles. The first-order valence-corrected chi connectivity index (χ1v) is 7.60. The van der Waals surface area contributed by atoms with Crippen LogP contribution in [0, 0.1) is 5.82 Å². The Kier molecular flexibility index (Phi) is 3.22. The molecule has 4 nitrogen and oxygen atoms in total. The quantitative estimate of drug-likeness (QED) is 0.944. The van der Waals surface area contributed by atoms with Gasteiger partial charge in [-0.25, -0.2) is 4.39 Å². The van der Waals surface area contributed by atoms with Crippen LogP contribution in [0.2, 0.25) is 0 Å². The number of benzene rings is 2. The second-order valence-electron chi connectivity index (χ2n) is 5.96. The summed E-state index contributed by atoms with van der Waals surface area (Å²) >= 11 is 0. The van der Waals surface area contributed by atoms with Crippen molar-refractivity contribution in [2.75, 3.05) is 6.79 Å². The maximum atomic E-state index is 13.1. The van der Waals surface area contributed by atoms with Crippen LogP contribution in [0.3, 0.4) is 0 Å². The van der Waals surface area contributed by atoms with Gasteiger partial charge in [0, 0.05) is 6.54 Å². The predicted octanol–water partition coefficient (Wildman–Crippen LogP) is 2.90. The molecule has 2 aromatic rings. The molecule has 0 saturated heterocycles. The molecule has 1 N–H and O–H groups in total. The fraction of sp³-hybridized carbons (Fsp3) is 0.278. The molecule has 5 heteroatoms. The summed E-state index contributed by atoms with van der Waals surface area (Å²) in [5.41, 5.74) is 1.34. The van der Waals surface area contributed by atoms with Crippen molar-refractivity contribution in [1.82, 2.24) is 5.32 Å². The van der Waals surface area contributed by atoms with Gasteiger partial charge in [-0.1, -0.05) is 18.2 Å². The van der Waals surface area contributed by atoms with E-state index in [0.717, 1.165) is 29.7 Å². The normalized spacial score (nSPS) is 16.9. The van der Waals surface area contributed by atoms with Crippen molar-refractivity contribution in [3.63, 3.8) is 0 Å². The molecule has 0 spiro atoms.